The van der Waals surface area contributed by atoms with Crippen LogP contribution in [0.4, 0.5) is 13.2 Å². The molecule has 5 nitrogen and oxygen atoms in total. The van der Waals surface area contributed by atoms with Crippen LogP contribution in [0, 0.1) is 0 Å². The Labute approximate surface area is 194 Å². The average molecular weight is 480 g/mol. The first-order valence-electron chi connectivity index (χ1n) is 10.8. The van der Waals surface area contributed by atoms with Crippen molar-refractivity contribution < 1.29 is 22.7 Å². The number of hydrogen-bond acceptors (Lipinski definition) is 3. The van der Waals surface area contributed by atoms with Crippen LogP contribution in [-0.2, 0) is 15.7 Å². The molecule has 2 heterocycles. The van der Waals surface area contributed by atoms with Gasteiger partial charge in [0.15, 0.2) is 0 Å². The van der Waals surface area contributed by atoms with Gasteiger partial charge in [-0.15, -0.1) is 0 Å². The molecular weight excluding hydrogens is 455 g/mol. The molecule has 1 amide bonds. The molecule has 2 N–H and O–H groups in total. The number of carbonyl (C=O) groups excluding carboxylic acids is 1. The topological polar surface area (TPSA) is 57.4 Å². The van der Waals surface area contributed by atoms with Crippen molar-refractivity contribution in [3.63, 3.8) is 0 Å². The molecule has 9 heteroatoms. The van der Waals surface area contributed by atoms with Crippen molar-refractivity contribution in [3.05, 3.63) is 70.4 Å². The van der Waals surface area contributed by atoms with Gasteiger partial charge in [0.05, 0.1) is 18.8 Å². The molecule has 176 valence electrons. The molecule has 3 aromatic rings. The molecule has 0 radical (unpaired) electrons. The van der Waals surface area contributed by atoms with Crippen molar-refractivity contribution in [2.24, 2.45) is 0 Å². The molecule has 0 bridgehead atoms. The Hall–Kier alpha value is -2.55. The first-order valence-corrected chi connectivity index (χ1v) is 11.2. The summed E-state index contributed by atoms with van der Waals surface area (Å²) in [6, 6.07) is 10.5. The lowest BCUT2D eigenvalue weighted by Crippen LogP contribution is -2.41. The number of benzene rings is 2. The maximum atomic E-state index is 13.4. The van der Waals surface area contributed by atoms with E-state index < -0.39 is 17.7 Å². The molecule has 0 saturated carbocycles. The van der Waals surface area contributed by atoms with E-state index in [-0.39, 0.29) is 12.3 Å². The van der Waals surface area contributed by atoms with Gasteiger partial charge in [-0.1, -0.05) is 29.8 Å². The van der Waals surface area contributed by atoms with Crippen LogP contribution in [0.3, 0.4) is 0 Å². The van der Waals surface area contributed by atoms with Crippen LogP contribution < -0.4 is 5.32 Å². The zero-order valence-electron chi connectivity index (χ0n) is 17.9. The lowest BCUT2D eigenvalue weighted by Gasteiger charge is -2.26. The van der Waals surface area contributed by atoms with Crippen molar-refractivity contribution in [1.29, 1.82) is 0 Å². The largest absolute Gasteiger partial charge is 0.416 e. The number of nitrogens with one attached hydrogen (secondary N) is 2. The number of alkyl halides is 3. The van der Waals surface area contributed by atoms with E-state index in [1.54, 1.807) is 24.4 Å². The fourth-order valence-corrected chi connectivity index (χ4v) is 4.35. The van der Waals surface area contributed by atoms with Gasteiger partial charge < -0.3 is 15.0 Å². The second kappa shape index (κ2) is 10.2. The van der Waals surface area contributed by atoms with Crippen molar-refractivity contribution in [3.8, 4) is 0 Å². The monoisotopic (exact) mass is 479 g/mol. The predicted octanol–water partition coefficient (Wildman–Crippen LogP) is 4.81. The average Bonchev–Trinajstić information content (AvgIpc) is 3.20. The number of morpholine rings is 1. The van der Waals surface area contributed by atoms with Gasteiger partial charge in [0.2, 0.25) is 5.91 Å². The maximum Gasteiger partial charge on any atom is 0.416 e. The van der Waals surface area contributed by atoms with E-state index in [4.69, 9.17) is 16.3 Å². The molecule has 33 heavy (non-hydrogen) atoms. The Morgan fingerprint density at radius 3 is 2.73 bits per heavy atom. The summed E-state index contributed by atoms with van der Waals surface area (Å²) >= 11 is 6.18. The second-order valence-corrected chi connectivity index (χ2v) is 8.55. The molecule has 0 unspecified atom stereocenters. The molecule has 1 aliphatic rings. The maximum absolute atomic E-state index is 13.4. The van der Waals surface area contributed by atoms with E-state index in [9.17, 15) is 18.0 Å². The number of H-pyrrole nitrogens is 1. The minimum absolute atomic E-state index is 0.0177. The van der Waals surface area contributed by atoms with Crippen LogP contribution in [-0.4, -0.2) is 55.2 Å². The van der Waals surface area contributed by atoms with Gasteiger partial charge in [-0.2, -0.15) is 13.2 Å². The Morgan fingerprint density at radius 1 is 1.18 bits per heavy atom. The highest BCUT2D eigenvalue weighted by molar-refractivity contribution is 6.31. The quantitative estimate of drug-likeness (QED) is 0.511. The first-order chi connectivity index (χ1) is 15.8. The second-order valence-electron chi connectivity index (χ2n) is 8.12. The number of nitrogens with zero attached hydrogens (tertiary/aromatic N) is 1. The van der Waals surface area contributed by atoms with E-state index in [2.05, 4.69) is 15.2 Å². The number of amides is 1. The molecule has 1 atom stereocenters. The molecular formula is C24H25ClF3N3O2. The van der Waals surface area contributed by atoms with Crippen LogP contribution in [0.15, 0.2) is 48.7 Å². The fourth-order valence-electron chi connectivity index (χ4n) is 4.18. The highest BCUT2D eigenvalue weighted by atomic mass is 35.5. The van der Waals surface area contributed by atoms with E-state index in [0.717, 1.165) is 41.7 Å². The number of aromatic amines is 1. The highest BCUT2D eigenvalue weighted by Gasteiger charge is 2.32. The number of rotatable bonds is 7. The standard InChI is InChI=1S/C24H25ClF3N3O2/c25-18-4-5-22-20(13-18)21(15-30-22)19(16-2-1-3-17(12-16)24(26,27)28)14-23(32)29-6-7-31-8-10-33-11-9-31/h1-5,12-13,15,19,30H,6-11,14H2,(H,29,32)/t19-/m1/s1. The fraction of sp³-hybridized carbons (Fsp3) is 0.375. The smallest absolute Gasteiger partial charge is 0.379 e. The third-order valence-electron chi connectivity index (χ3n) is 5.91. The first kappa shape index (κ1) is 23.6. The molecule has 1 aliphatic heterocycles. The van der Waals surface area contributed by atoms with Crippen molar-refractivity contribution >= 4 is 28.4 Å². The highest BCUT2D eigenvalue weighted by Crippen LogP contribution is 2.37. The Balaban J connectivity index is 1.57. The van der Waals surface area contributed by atoms with Gasteiger partial charge in [-0.25, -0.2) is 0 Å². The molecule has 1 fully saturated rings. The summed E-state index contributed by atoms with van der Waals surface area (Å²) in [7, 11) is 0. The van der Waals surface area contributed by atoms with Crippen molar-refractivity contribution in [2.75, 3.05) is 39.4 Å². The molecule has 0 aliphatic carbocycles. The summed E-state index contributed by atoms with van der Waals surface area (Å²) in [6.07, 6.45) is -2.71. The van der Waals surface area contributed by atoms with Crippen molar-refractivity contribution in [1.82, 2.24) is 15.2 Å². The molecule has 0 spiro atoms. The van der Waals surface area contributed by atoms with Gasteiger partial charge in [0, 0.05) is 60.6 Å². The van der Waals surface area contributed by atoms with Gasteiger partial charge in [0.1, 0.15) is 0 Å². The van der Waals surface area contributed by atoms with Crippen LogP contribution in [0.1, 0.15) is 29.0 Å². The Morgan fingerprint density at radius 2 is 1.97 bits per heavy atom. The van der Waals surface area contributed by atoms with Crippen LogP contribution in [0.25, 0.3) is 10.9 Å². The Kier molecular flexibility index (Phi) is 7.26. The molecule has 4 rings (SSSR count). The lowest BCUT2D eigenvalue weighted by atomic mass is 9.87. The third-order valence-corrected chi connectivity index (χ3v) is 6.15. The minimum atomic E-state index is -4.47. The normalized spacial score (nSPS) is 16.1. The number of halogens is 4. The number of ether oxygens (including phenoxy) is 1. The summed E-state index contributed by atoms with van der Waals surface area (Å²) in [4.78, 5) is 18.2. The molecule has 2 aromatic carbocycles. The summed E-state index contributed by atoms with van der Waals surface area (Å²) in [5.74, 6) is -0.787. The van der Waals surface area contributed by atoms with Crippen LogP contribution >= 0.6 is 11.6 Å². The summed E-state index contributed by atoms with van der Waals surface area (Å²) < 4.78 is 45.4. The van der Waals surface area contributed by atoms with E-state index in [1.807, 2.05) is 6.07 Å². The number of fused-ring (bicyclic) bond motifs is 1. The predicted molar refractivity (Wildman–Crippen MR) is 121 cm³/mol. The third kappa shape index (κ3) is 5.88. The van der Waals surface area contributed by atoms with Gasteiger partial charge in [0.25, 0.3) is 0 Å². The zero-order chi connectivity index (χ0) is 23.4. The summed E-state index contributed by atoms with van der Waals surface area (Å²) in [6.45, 7) is 4.15. The number of carbonyl (C=O) groups is 1. The SMILES string of the molecule is O=C(C[C@H](c1cccc(C(F)(F)F)c1)c1c[nH]c2ccc(Cl)cc12)NCCN1CCOCC1. The van der Waals surface area contributed by atoms with Crippen LogP contribution in [0.2, 0.25) is 5.02 Å². The van der Waals surface area contributed by atoms with E-state index in [1.165, 1.54) is 6.07 Å². The van der Waals surface area contributed by atoms with Crippen molar-refractivity contribution in [2.45, 2.75) is 18.5 Å². The number of aromatic nitrogens is 1. The summed E-state index contributed by atoms with van der Waals surface area (Å²) in [5, 5.41) is 4.21. The van der Waals surface area contributed by atoms with Gasteiger partial charge >= 0.3 is 6.18 Å². The Bertz CT molecular complexity index is 1110. The lowest BCUT2D eigenvalue weighted by molar-refractivity contribution is -0.137. The van der Waals surface area contributed by atoms with E-state index in [0.29, 0.717) is 36.9 Å². The molecule has 1 aromatic heterocycles. The van der Waals surface area contributed by atoms with E-state index >= 15 is 0 Å². The van der Waals surface area contributed by atoms with Crippen LogP contribution in [0.5, 0.6) is 0 Å². The molecule has 1 saturated heterocycles. The zero-order valence-corrected chi connectivity index (χ0v) is 18.7. The minimum Gasteiger partial charge on any atom is -0.379 e. The number of hydrogen-bond donors (Lipinski definition) is 2. The van der Waals surface area contributed by atoms with Gasteiger partial charge in [-0.05, 0) is 35.4 Å². The summed E-state index contributed by atoms with van der Waals surface area (Å²) in [5.41, 5.74) is 1.22. The van der Waals surface area contributed by atoms with Gasteiger partial charge in [-0.3, -0.25) is 9.69 Å².